The number of carbonyl (C=O) groups excluding carboxylic acids is 1. The molecule has 0 amide bonds. The molecule has 1 heteroatoms. The minimum atomic E-state index is 0.165. The molecule has 1 aromatic rings. The van der Waals surface area contributed by atoms with E-state index in [-0.39, 0.29) is 5.92 Å². The second-order valence-electron chi connectivity index (χ2n) is 6.51. The molecule has 0 heterocycles. The average Bonchev–Trinajstić information content (AvgIpc) is 2.74. The third kappa shape index (κ3) is 2.15. The minimum Gasteiger partial charge on any atom is -0.294 e. The monoisotopic (exact) mass is 266 g/mol. The van der Waals surface area contributed by atoms with E-state index in [1.54, 1.807) is 0 Å². The van der Waals surface area contributed by atoms with Crippen LogP contribution in [0.15, 0.2) is 47.6 Å². The summed E-state index contributed by atoms with van der Waals surface area (Å²) in [5.41, 5.74) is 4.79. The van der Waals surface area contributed by atoms with Crippen LogP contribution in [0.2, 0.25) is 0 Å². The van der Waals surface area contributed by atoms with Crippen molar-refractivity contribution in [2.24, 2.45) is 17.8 Å². The molecule has 0 N–H and O–H groups in total. The van der Waals surface area contributed by atoms with Crippen LogP contribution in [0.25, 0.3) is 5.57 Å². The molecule has 1 aromatic carbocycles. The van der Waals surface area contributed by atoms with Crippen LogP contribution >= 0.6 is 0 Å². The smallest absolute Gasteiger partial charge is 0.166 e. The number of hydrogen-bond donors (Lipinski definition) is 0. The Hall–Kier alpha value is -1.63. The quantitative estimate of drug-likeness (QED) is 0.761. The lowest BCUT2D eigenvalue weighted by molar-refractivity contribution is -0.117. The van der Waals surface area contributed by atoms with E-state index in [9.17, 15) is 4.79 Å². The fraction of sp³-hybridized carbons (Fsp3) is 0.421. The van der Waals surface area contributed by atoms with Gasteiger partial charge in [0.05, 0.1) is 0 Å². The number of rotatable bonds is 2. The molecule has 0 aromatic heterocycles. The summed E-state index contributed by atoms with van der Waals surface area (Å²) in [6.45, 7) is 6.61. The zero-order valence-electron chi connectivity index (χ0n) is 12.5. The number of Topliss-reactive ketones (excluding diaryl/α,β-unsaturated/α-hetero) is 1. The fourth-order valence-corrected chi connectivity index (χ4v) is 3.42. The predicted molar refractivity (Wildman–Crippen MR) is 83.2 cm³/mol. The molecule has 0 saturated heterocycles. The van der Waals surface area contributed by atoms with Gasteiger partial charge in [-0.05, 0) is 35.8 Å². The normalized spacial score (nSPS) is 26.0. The van der Waals surface area contributed by atoms with Crippen molar-refractivity contribution in [1.82, 2.24) is 0 Å². The number of hydrogen-bond acceptors (Lipinski definition) is 1. The van der Waals surface area contributed by atoms with E-state index < -0.39 is 0 Å². The lowest BCUT2D eigenvalue weighted by Crippen LogP contribution is -2.14. The Labute approximate surface area is 121 Å². The Balaban J connectivity index is 2.09. The molecular formula is C19H22O. The maximum atomic E-state index is 12.5. The SMILES string of the molecule is CC1CC2=C(C1=O)C(c1ccccc1)=CC(C(C)C)C2. The second-order valence-corrected chi connectivity index (χ2v) is 6.51. The summed E-state index contributed by atoms with van der Waals surface area (Å²) in [6, 6.07) is 10.4. The maximum Gasteiger partial charge on any atom is 0.166 e. The maximum absolute atomic E-state index is 12.5. The van der Waals surface area contributed by atoms with Gasteiger partial charge in [0.15, 0.2) is 5.78 Å². The van der Waals surface area contributed by atoms with Gasteiger partial charge in [-0.3, -0.25) is 4.79 Å². The number of allylic oxidation sites excluding steroid dienone is 4. The van der Waals surface area contributed by atoms with Gasteiger partial charge in [0, 0.05) is 11.5 Å². The van der Waals surface area contributed by atoms with Crippen LogP contribution in [0.1, 0.15) is 39.2 Å². The molecule has 0 fully saturated rings. The van der Waals surface area contributed by atoms with Gasteiger partial charge in [0.1, 0.15) is 0 Å². The van der Waals surface area contributed by atoms with Gasteiger partial charge in [-0.25, -0.2) is 0 Å². The van der Waals surface area contributed by atoms with Crippen LogP contribution in [-0.2, 0) is 4.79 Å². The van der Waals surface area contributed by atoms with Crippen LogP contribution in [0.4, 0.5) is 0 Å². The van der Waals surface area contributed by atoms with E-state index in [1.165, 1.54) is 16.7 Å². The number of carbonyl (C=O) groups is 1. The van der Waals surface area contributed by atoms with Gasteiger partial charge in [0.2, 0.25) is 0 Å². The molecule has 0 spiro atoms. The van der Waals surface area contributed by atoms with Crippen molar-refractivity contribution < 1.29 is 4.79 Å². The highest BCUT2D eigenvalue weighted by atomic mass is 16.1. The first-order chi connectivity index (χ1) is 9.58. The van der Waals surface area contributed by atoms with E-state index >= 15 is 0 Å². The summed E-state index contributed by atoms with van der Waals surface area (Å²) >= 11 is 0. The Bertz CT molecular complexity index is 589. The Morgan fingerprint density at radius 1 is 1.10 bits per heavy atom. The van der Waals surface area contributed by atoms with E-state index in [4.69, 9.17) is 0 Å². The van der Waals surface area contributed by atoms with Crippen LogP contribution in [0.3, 0.4) is 0 Å². The summed E-state index contributed by atoms with van der Waals surface area (Å²) in [7, 11) is 0. The van der Waals surface area contributed by atoms with Crippen molar-refractivity contribution in [3.8, 4) is 0 Å². The van der Waals surface area contributed by atoms with E-state index in [0.29, 0.717) is 17.6 Å². The Morgan fingerprint density at radius 2 is 1.80 bits per heavy atom. The summed E-state index contributed by atoms with van der Waals surface area (Å²) in [5, 5.41) is 0. The molecule has 2 atom stereocenters. The van der Waals surface area contributed by atoms with Crippen molar-refractivity contribution in [1.29, 1.82) is 0 Å². The van der Waals surface area contributed by atoms with Crippen LogP contribution in [0.5, 0.6) is 0 Å². The predicted octanol–water partition coefficient (Wildman–Crippen LogP) is 4.65. The Morgan fingerprint density at radius 3 is 2.45 bits per heavy atom. The highest BCUT2D eigenvalue weighted by molar-refractivity contribution is 6.14. The largest absolute Gasteiger partial charge is 0.294 e. The molecule has 3 rings (SSSR count). The van der Waals surface area contributed by atoms with Gasteiger partial charge in [-0.2, -0.15) is 0 Å². The molecule has 2 aliphatic carbocycles. The minimum absolute atomic E-state index is 0.165. The first-order valence-corrected chi connectivity index (χ1v) is 7.61. The molecule has 1 nitrogen and oxygen atoms in total. The first kappa shape index (κ1) is 13.4. The number of benzene rings is 1. The van der Waals surface area contributed by atoms with E-state index in [1.807, 2.05) is 6.07 Å². The molecule has 0 radical (unpaired) electrons. The van der Waals surface area contributed by atoms with Crippen molar-refractivity contribution in [3.63, 3.8) is 0 Å². The lowest BCUT2D eigenvalue weighted by atomic mass is 9.78. The molecule has 2 unspecified atom stereocenters. The number of ketones is 1. The second kappa shape index (κ2) is 5.05. The van der Waals surface area contributed by atoms with Gasteiger partial charge < -0.3 is 0 Å². The topological polar surface area (TPSA) is 17.1 Å². The van der Waals surface area contributed by atoms with Crippen molar-refractivity contribution in [2.45, 2.75) is 33.6 Å². The summed E-state index contributed by atoms with van der Waals surface area (Å²) in [5.74, 6) is 1.69. The van der Waals surface area contributed by atoms with Crippen LogP contribution in [-0.4, -0.2) is 5.78 Å². The van der Waals surface area contributed by atoms with Gasteiger partial charge in [-0.1, -0.05) is 62.8 Å². The summed E-state index contributed by atoms with van der Waals surface area (Å²) < 4.78 is 0. The Kier molecular flexibility index (Phi) is 3.37. The highest BCUT2D eigenvalue weighted by Crippen LogP contribution is 2.45. The zero-order chi connectivity index (χ0) is 14.3. The van der Waals surface area contributed by atoms with E-state index in [2.05, 4.69) is 51.1 Å². The first-order valence-electron chi connectivity index (χ1n) is 7.61. The van der Waals surface area contributed by atoms with Gasteiger partial charge in [-0.15, -0.1) is 0 Å². The zero-order valence-corrected chi connectivity index (χ0v) is 12.5. The van der Waals surface area contributed by atoms with Crippen molar-refractivity contribution in [2.75, 3.05) is 0 Å². The van der Waals surface area contributed by atoms with Crippen molar-refractivity contribution in [3.05, 3.63) is 53.1 Å². The van der Waals surface area contributed by atoms with Crippen LogP contribution < -0.4 is 0 Å². The molecule has 0 bridgehead atoms. The molecule has 0 saturated carbocycles. The van der Waals surface area contributed by atoms with E-state index in [0.717, 1.165) is 18.4 Å². The lowest BCUT2D eigenvalue weighted by Gasteiger charge is -2.26. The average molecular weight is 266 g/mol. The third-order valence-electron chi connectivity index (χ3n) is 4.67. The standard InChI is InChI=1S/C19H22O/c1-12(2)15-10-16-9-13(3)19(20)18(16)17(11-15)14-7-5-4-6-8-14/h4-8,11-13,15H,9-10H2,1-3H3. The van der Waals surface area contributed by atoms with Gasteiger partial charge >= 0.3 is 0 Å². The van der Waals surface area contributed by atoms with Crippen LogP contribution in [0, 0.1) is 17.8 Å². The molecular weight excluding hydrogens is 244 g/mol. The summed E-state index contributed by atoms with van der Waals surface area (Å²) in [4.78, 5) is 12.5. The van der Waals surface area contributed by atoms with Gasteiger partial charge in [0.25, 0.3) is 0 Å². The fourth-order valence-electron chi connectivity index (χ4n) is 3.42. The molecule has 104 valence electrons. The molecule has 2 aliphatic rings. The van der Waals surface area contributed by atoms with Crippen molar-refractivity contribution >= 4 is 11.4 Å². The molecule has 20 heavy (non-hydrogen) atoms. The summed E-state index contributed by atoms with van der Waals surface area (Å²) in [6.07, 6.45) is 4.37. The third-order valence-corrected chi connectivity index (χ3v) is 4.67. The molecule has 0 aliphatic heterocycles. The highest BCUT2D eigenvalue weighted by Gasteiger charge is 2.36.